The molecule has 0 fully saturated rings. The lowest BCUT2D eigenvalue weighted by Crippen LogP contribution is -2.26. The van der Waals surface area contributed by atoms with Crippen molar-refractivity contribution in [1.82, 2.24) is 9.55 Å². The van der Waals surface area contributed by atoms with Crippen LogP contribution in [0, 0.1) is 0 Å². The Bertz CT molecular complexity index is 2280. The Morgan fingerprint density at radius 1 is 0.551 bits per heavy atom. The molecule has 0 aliphatic carbocycles. The second-order valence-corrected chi connectivity index (χ2v) is 12.5. The zero-order valence-corrected chi connectivity index (χ0v) is 27.4. The number of rotatable bonds is 8. The van der Waals surface area contributed by atoms with Gasteiger partial charge in [-0.1, -0.05) is 97.1 Å². The largest absolute Gasteiger partial charge is 0.321 e. The van der Waals surface area contributed by atoms with Crippen molar-refractivity contribution >= 4 is 62.3 Å². The number of benzene rings is 6. The Balaban J connectivity index is 1.16. The summed E-state index contributed by atoms with van der Waals surface area (Å²) in [6.07, 6.45) is 1.85. The molecule has 0 bridgehead atoms. The van der Waals surface area contributed by atoms with E-state index in [2.05, 4.69) is 152 Å². The molecular weight excluding hydrogens is 621 g/mol. The van der Waals surface area contributed by atoms with Crippen molar-refractivity contribution in [3.63, 3.8) is 0 Å². The van der Waals surface area contributed by atoms with E-state index >= 15 is 0 Å². The van der Waals surface area contributed by atoms with E-state index in [1.807, 2.05) is 48.7 Å². The van der Waals surface area contributed by atoms with E-state index in [4.69, 9.17) is 10.8 Å². The van der Waals surface area contributed by atoms with Crippen LogP contribution in [0.4, 0.5) is 22.7 Å². The number of nitrogens with zero attached hydrogens (tertiary/aromatic N) is 5. The number of anilines is 4. The van der Waals surface area contributed by atoms with Gasteiger partial charge in [-0.25, -0.2) is 4.98 Å². The SMILES string of the molecule is N/N=C(/c1ccc(-n2c3ccccc3c3ccccc32)nc1)N(Sc1cccc(N(c2ccccc2)c2ccccc2)c1)c1ccccc1. The molecule has 0 unspecified atom stereocenters. The second-order valence-electron chi connectivity index (χ2n) is 11.5. The summed E-state index contributed by atoms with van der Waals surface area (Å²) >= 11 is 1.56. The summed E-state index contributed by atoms with van der Waals surface area (Å²) in [7, 11) is 0. The van der Waals surface area contributed by atoms with Crippen molar-refractivity contribution in [3.8, 4) is 5.82 Å². The third kappa shape index (κ3) is 5.88. The van der Waals surface area contributed by atoms with Gasteiger partial charge in [0.05, 0.1) is 16.7 Å². The standard InChI is InChI=1S/C42H32N6S/c43-45-42(31-27-28-41(44-30-31)47-39-25-12-10-23-37(39)38-24-11-13-26-40(38)47)48(34-19-8-3-9-20-34)49-36-22-14-21-35(29-36)46(32-15-4-1-5-16-32)33-17-6-2-7-18-33/h1-30H,43H2/b45-42-. The smallest absolute Gasteiger partial charge is 0.171 e. The highest BCUT2D eigenvalue weighted by Gasteiger charge is 2.21. The highest BCUT2D eigenvalue weighted by Crippen LogP contribution is 2.38. The summed E-state index contributed by atoms with van der Waals surface area (Å²) in [5, 5.41) is 6.73. The lowest BCUT2D eigenvalue weighted by molar-refractivity contribution is 1.08. The number of para-hydroxylation sites is 5. The molecule has 0 saturated carbocycles. The Morgan fingerprint density at radius 2 is 1.08 bits per heavy atom. The molecule has 0 spiro atoms. The van der Waals surface area contributed by atoms with Gasteiger partial charge < -0.3 is 10.7 Å². The summed E-state index contributed by atoms with van der Waals surface area (Å²) in [5.74, 6) is 7.61. The molecule has 6 aromatic carbocycles. The van der Waals surface area contributed by atoms with Crippen LogP contribution < -0.4 is 15.0 Å². The van der Waals surface area contributed by atoms with Gasteiger partial charge in [0.1, 0.15) is 5.82 Å². The summed E-state index contributed by atoms with van der Waals surface area (Å²) in [6.45, 7) is 0. The minimum atomic E-state index is 0.589. The van der Waals surface area contributed by atoms with Crippen LogP contribution in [0.5, 0.6) is 0 Å². The van der Waals surface area contributed by atoms with Crippen molar-refractivity contribution in [1.29, 1.82) is 0 Å². The topological polar surface area (TPSA) is 62.7 Å². The summed E-state index contributed by atoms with van der Waals surface area (Å²) in [4.78, 5) is 8.24. The number of fused-ring (bicyclic) bond motifs is 3. The maximum absolute atomic E-state index is 6.20. The number of aromatic nitrogens is 2. The van der Waals surface area contributed by atoms with Crippen molar-refractivity contribution in [3.05, 3.63) is 188 Å². The van der Waals surface area contributed by atoms with Gasteiger partial charge >= 0.3 is 0 Å². The monoisotopic (exact) mass is 652 g/mol. The molecule has 0 aliphatic rings. The fourth-order valence-corrected chi connectivity index (χ4v) is 7.22. The fourth-order valence-electron chi connectivity index (χ4n) is 6.23. The third-order valence-corrected chi connectivity index (χ3v) is 9.45. The maximum atomic E-state index is 6.20. The number of hydrazone groups is 1. The van der Waals surface area contributed by atoms with Gasteiger partial charge in [0, 0.05) is 44.5 Å². The van der Waals surface area contributed by atoms with Gasteiger partial charge in [0.15, 0.2) is 5.84 Å². The van der Waals surface area contributed by atoms with E-state index in [0.717, 1.165) is 50.1 Å². The number of hydrogen-bond acceptors (Lipinski definition) is 5. The van der Waals surface area contributed by atoms with Gasteiger partial charge in [0.2, 0.25) is 0 Å². The predicted molar refractivity (Wildman–Crippen MR) is 205 cm³/mol. The van der Waals surface area contributed by atoms with Crippen LogP contribution in [0.3, 0.4) is 0 Å². The number of hydrogen-bond donors (Lipinski definition) is 1. The average molecular weight is 653 g/mol. The Morgan fingerprint density at radius 3 is 1.63 bits per heavy atom. The highest BCUT2D eigenvalue weighted by atomic mass is 32.2. The first kappa shape index (κ1) is 30.1. The molecule has 0 atom stereocenters. The van der Waals surface area contributed by atoms with E-state index in [1.165, 1.54) is 10.8 Å². The van der Waals surface area contributed by atoms with Gasteiger partial charge in [-0.3, -0.25) is 8.87 Å². The van der Waals surface area contributed by atoms with Crippen LogP contribution in [0.15, 0.2) is 192 Å². The van der Waals surface area contributed by atoms with Crippen molar-refractivity contribution in [2.45, 2.75) is 4.90 Å². The van der Waals surface area contributed by atoms with E-state index in [9.17, 15) is 0 Å². The van der Waals surface area contributed by atoms with Gasteiger partial charge in [-0.2, -0.15) is 5.10 Å². The average Bonchev–Trinajstić information content (AvgIpc) is 3.51. The Kier molecular flexibility index (Phi) is 8.24. The first-order valence-corrected chi connectivity index (χ1v) is 16.8. The molecule has 7 heteroatoms. The first-order valence-electron chi connectivity index (χ1n) is 16.0. The molecule has 2 aromatic heterocycles. The van der Waals surface area contributed by atoms with E-state index < -0.39 is 0 Å². The molecule has 2 heterocycles. The minimum absolute atomic E-state index is 0.589. The lowest BCUT2D eigenvalue weighted by Gasteiger charge is -2.27. The molecule has 8 aromatic rings. The van der Waals surface area contributed by atoms with Crippen LogP contribution in [-0.4, -0.2) is 15.4 Å². The number of amidine groups is 1. The van der Waals surface area contributed by atoms with Crippen molar-refractivity contribution < 1.29 is 0 Å². The molecule has 236 valence electrons. The quantitative estimate of drug-likeness (QED) is 0.0582. The molecule has 0 radical (unpaired) electrons. The second kappa shape index (κ2) is 13.4. The van der Waals surface area contributed by atoms with Crippen LogP contribution in [0.1, 0.15) is 5.56 Å². The van der Waals surface area contributed by atoms with Gasteiger partial charge in [-0.05, 0) is 90.8 Å². The zero-order chi connectivity index (χ0) is 33.0. The molecule has 6 nitrogen and oxygen atoms in total. The number of nitrogens with two attached hydrogens (primary N) is 1. The highest BCUT2D eigenvalue weighted by molar-refractivity contribution is 8.01. The van der Waals surface area contributed by atoms with E-state index in [0.29, 0.717) is 5.84 Å². The predicted octanol–water partition coefficient (Wildman–Crippen LogP) is 10.5. The van der Waals surface area contributed by atoms with E-state index in [1.54, 1.807) is 11.9 Å². The van der Waals surface area contributed by atoms with Crippen LogP contribution in [0.2, 0.25) is 0 Å². The fraction of sp³-hybridized carbons (Fsp3) is 0. The lowest BCUT2D eigenvalue weighted by atomic mass is 10.2. The third-order valence-electron chi connectivity index (χ3n) is 8.42. The maximum Gasteiger partial charge on any atom is 0.171 e. The molecule has 49 heavy (non-hydrogen) atoms. The van der Waals surface area contributed by atoms with Gasteiger partial charge in [0.25, 0.3) is 0 Å². The van der Waals surface area contributed by atoms with Crippen LogP contribution in [-0.2, 0) is 0 Å². The molecule has 0 aliphatic heterocycles. The van der Waals surface area contributed by atoms with Gasteiger partial charge in [-0.15, -0.1) is 0 Å². The van der Waals surface area contributed by atoms with Crippen LogP contribution in [0.25, 0.3) is 27.6 Å². The van der Waals surface area contributed by atoms with Crippen molar-refractivity contribution in [2.24, 2.45) is 10.9 Å². The summed E-state index contributed by atoms with van der Waals surface area (Å²) in [5.41, 5.74) is 7.16. The minimum Gasteiger partial charge on any atom is -0.321 e. The van der Waals surface area contributed by atoms with Crippen molar-refractivity contribution in [2.75, 3.05) is 9.21 Å². The molecule has 0 saturated heterocycles. The zero-order valence-electron chi connectivity index (χ0n) is 26.5. The Hall–Kier alpha value is -6.31. The molecule has 8 rings (SSSR count). The molecular formula is C42H32N6S. The summed E-state index contributed by atoms with van der Waals surface area (Å²) in [6, 6.07) is 60.4. The Labute approximate surface area is 289 Å². The first-order chi connectivity index (χ1) is 24.3. The normalized spacial score (nSPS) is 11.6. The molecule has 0 amide bonds. The van der Waals surface area contributed by atoms with Crippen LogP contribution >= 0.6 is 11.9 Å². The number of pyridine rings is 1. The van der Waals surface area contributed by atoms with E-state index in [-0.39, 0.29) is 0 Å². The summed E-state index contributed by atoms with van der Waals surface area (Å²) < 4.78 is 4.26. The molecule has 2 N–H and O–H groups in total.